The van der Waals surface area contributed by atoms with Crippen LogP contribution in [0, 0.1) is 5.92 Å². The van der Waals surface area contributed by atoms with Gasteiger partial charge < -0.3 is 15.3 Å². The molecule has 0 bridgehead atoms. The highest BCUT2D eigenvalue weighted by Gasteiger charge is 2.27. The van der Waals surface area contributed by atoms with Crippen molar-refractivity contribution in [2.75, 3.05) is 20.6 Å². The maximum atomic E-state index is 10.9. The molecule has 94 valence electrons. The van der Waals surface area contributed by atoms with Crippen LogP contribution >= 0.6 is 0 Å². The van der Waals surface area contributed by atoms with Gasteiger partial charge in [0.05, 0.1) is 5.92 Å². The van der Waals surface area contributed by atoms with E-state index >= 15 is 0 Å². The average Bonchev–Trinajstić information content (AvgIpc) is 2.16. The van der Waals surface area contributed by atoms with Crippen LogP contribution in [0.1, 0.15) is 32.6 Å². The molecule has 4 heteroatoms. The molecule has 3 unspecified atom stereocenters. The van der Waals surface area contributed by atoms with Gasteiger partial charge in [-0.1, -0.05) is 6.42 Å². The van der Waals surface area contributed by atoms with Crippen LogP contribution in [-0.2, 0) is 4.79 Å². The summed E-state index contributed by atoms with van der Waals surface area (Å²) in [7, 11) is 4.11. The second kappa shape index (κ2) is 6.21. The van der Waals surface area contributed by atoms with Crippen LogP contribution in [0.5, 0.6) is 0 Å². The number of likely N-dealkylation sites (N-methyl/N-ethyl adjacent to an activating group) is 1. The summed E-state index contributed by atoms with van der Waals surface area (Å²) < 4.78 is 0. The van der Waals surface area contributed by atoms with Crippen molar-refractivity contribution in [3.05, 3.63) is 0 Å². The van der Waals surface area contributed by atoms with Gasteiger partial charge >= 0.3 is 5.97 Å². The topological polar surface area (TPSA) is 52.6 Å². The van der Waals surface area contributed by atoms with Gasteiger partial charge in [0.1, 0.15) is 0 Å². The van der Waals surface area contributed by atoms with Crippen LogP contribution < -0.4 is 5.32 Å². The third-order valence-corrected chi connectivity index (χ3v) is 3.18. The molecule has 4 nitrogen and oxygen atoms in total. The summed E-state index contributed by atoms with van der Waals surface area (Å²) in [5.74, 6) is -0.774. The summed E-state index contributed by atoms with van der Waals surface area (Å²) in [5, 5.41) is 12.5. The van der Waals surface area contributed by atoms with Crippen LogP contribution in [0.4, 0.5) is 0 Å². The average molecular weight is 228 g/mol. The van der Waals surface area contributed by atoms with Crippen molar-refractivity contribution in [1.29, 1.82) is 0 Å². The smallest absolute Gasteiger partial charge is 0.306 e. The Kier molecular flexibility index (Phi) is 5.22. The van der Waals surface area contributed by atoms with Gasteiger partial charge in [-0.2, -0.15) is 0 Å². The predicted molar refractivity (Wildman–Crippen MR) is 64.5 cm³/mol. The van der Waals surface area contributed by atoms with Gasteiger partial charge in [0.25, 0.3) is 0 Å². The Bertz CT molecular complexity index is 231. The molecule has 0 amide bonds. The molecule has 0 aromatic carbocycles. The van der Waals surface area contributed by atoms with Crippen molar-refractivity contribution in [2.24, 2.45) is 5.92 Å². The summed E-state index contributed by atoms with van der Waals surface area (Å²) in [6.07, 6.45) is 3.77. The Balaban J connectivity index is 2.34. The van der Waals surface area contributed by atoms with Gasteiger partial charge in [0, 0.05) is 18.6 Å². The first-order valence-corrected chi connectivity index (χ1v) is 6.12. The molecule has 3 atom stereocenters. The van der Waals surface area contributed by atoms with Crippen molar-refractivity contribution in [2.45, 2.75) is 44.7 Å². The van der Waals surface area contributed by atoms with Crippen LogP contribution in [0.15, 0.2) is 0 Å². The minimum atomic E-state index is -0.633. The van der Waals surface area contributed by atoms with E-state index < -0.39 is 5.97 Å². The minimum absolute atomic E-state index is 0.141. The number of carboxylic acids is 1. The van der Waals surface area contributed by atoms with Crippen molar-refractivity contribution >= 4 is 5.97 Å². The highest BCUT2D eigenvalue weighted by molar-refractivity contribution is 5.70. The lowest BCUT2D eigenvalue weighted by Crippen LogP contribution is -2.44. The predicted octanol–water partition coefficient (Wildman–Crippen LogP) is 1.17. The molecule has 0 radical (unpaired) electrons. The Hall–Kier alpha value is -0.610. The number of rotatable bonds is 5. The molecule has 2 N–H and O–H groups in total. The lowest BCUT2D eigenvalue weighted by atomic mass is 9.85. The van der Waals surface area contributed by atoms with E-state index in [4.69, 9.17) is 5.11 Å². The molecule has 16 heavy (non-hydrogen) atoms. The molecule has 0 aliphatic heterocycles. The van der Waals surface area contributed by atoms with E-state index in [9.17, 15) is 4.79 Å². The van der Waals surface area contributed by atoms with E-state index in [-0.39, 0.29) is 5.92 Å². The van der Waals surface area contributed by atoms with Crippen LogP contribution in [0.2, 0.25) is 0 Å². The molecule has 1 aliphatic rings. The van der Waals surface area contributed by atoms with Crippen LogP contribution in [0.3, 0.4) is 0 Å². The Morgan fingerprint density at radius 3 is 2.75 bits per heavy atom. The lowest BCUT2D eigenvalue weighted by molar-refractivity contribution is -0.143. The fraction of sp³-hybridized carbons (Fsp3) is 0.917. The largest absolute Gasteiger partial charge is 0.481 e. The molecule has 1 saturated carbocycles. The first kappa shape index (κ1) is 13.5. The zero-order valence-corrected chi connectivity index (χ0v) is 10.6. The Morgan fingerprint density at radius 2 is 2.19 bits per heavy atom. The second-order valence-corrected chi connectivity index (χ2v) is 5.23. The molecule has 1 rings (SSSR count). The Morgan fingerprint density at radius 1 is 1.50 bits per heavy atom. The number of nitrogens with zero attached hydrogens (tertiary/aromatic N) is 1. The molecule has 0 aromatic heterocycles. The molecule has 0 aromatic rings. The van der Waals surface area contributed by atoms with E-state index in [1.165, 1.54) is 0 Å². The number of carbonyl (C=O) groups is 1. The highest BCUT2D eigenvalue weighted by atomic mass is 16.4. The fourth-order valence-corrected chi connectivity index (χ4v) is 2.57. The van der Waals surface area contributed by atoms with E-state index in [2.05, 4.69) is 31.2 Å². The van der Waals surface area contributed by atoms with Crippen molar-refractivity contribution in [1.82, 2.24) is 10.2 Å². The van der Waals surface area contributed by atoms with Crippen LogP contribution in [-0.4, -0.2) is 48.7 Å². The zero-order valence-electron chi connectivity index (χ0n) is 10.6. The minimum Gasteiger partial charge on any atom is -0.481 e. The molecule has 1 fully saturated rings. The quantitative estimate of drug-likeness (QED) is 0.741. The van der Waals surface area contributed by atoms with Crippen molar-refractivity contribution in [3.63, 3.8) is 0 Å². The van der Waals surface area contributed by atoms with E-state index in [1.54, 1.807) is 0 Å². The molecular formula is C12H24N2O2. The molecule has 0 spiro atoms. The summed E-state index contributed by atoms with van der Waals surface area (Å²) in [4.78, 5) is 13.1. The molecule has 0 heterocycles. The van der Waals surface area contributed by atoms with Crippen molar-refractivity contribution in [3.8, 4) is 0 Å². The summed E-state index contributed by atoms with van der Waals surface area (Å²) >= 11 is 0. The third kappa shape index (κ3) is 4.49. The maximum absolute atomic E-state index is 10.9. The standard InChI is InChI=1S/C12H24N2O2/c1-9(8-14(2)3)13-11-6-4-5-10(7-11)12(15)16/h9-11,13H,4-8H2,1-3H3,(H,15,16). The molecule has 0 saturated heterocycles. The number of aliphatic carboxylic acids is 1. The van der Waals surface area contributed by atoms with Gasteiger partial charge in [-0.3, -0.25) is 4.79 Å². The second-order valence-electron chi connectivity index (χ2n) is 5.23. The van der Waals surface area contributed by atoms with Gasteiger partial charge in [0.15, 0.2) is 0 Å². The van der Waals surface area contributed by atoms with Crippen LogP contribution in [0.25, 0.3) is 0 Å². The first-order valence-electron chi connectivity index (χ1n) is 6.12. The maximum Gasteiger partial charge on any atom is 0.306 e. The zero-order chi connectivity index (χ0) is 12.1. The molecular weight excluding hydrogens is 204 g/mol. The van der Waals surface area contributed by atoms with E-state index in [0.717, 1.165) is 32.2 Å². The van der Waals surface area contributed by atoms with Gasteiger partial charge in [0.2, 0.25) is 0 Å². The monoisotopic (exact) mass is 228 g/mol. The summed E-state index contributed by atoms with van der Waals surface area (Å²) in [5.41, 5.74) is 0. The number of carboxylic acid groups (broad SMARTS) is 1. The van der Waals surface area contributed by atoms with Gasteiger partial charge in [-0.05, 0) is 40.3 Å². The third-order valence-electron chi connectivity index (χ3n) is 3.18. The number of hydrogen-bond donors (Lipinski definition) is 2. The fourth-order valence-electron chi connectivity index (χ4n) is 2.57. The number of hydrogen-bond acceptors (Lipinski definition) is 3. The molecule has 1 aliphatic carbocycles. The van der Waals surface area contributed by atoms with E-state index in [1.807, 2.05) is 0 Å². The van der Waals surface area contributed by atoms with Gasteiger partial charge in [-0.25, -0.2) is 0 Å². The SMILES string of the molecule is CC(CN(C)C)NC1CCCC(C(=O)O)C1. The normalized spacial score (nSPS) is 28.0. The number of nitrogens with one attached hydrogen (secondary N) is 1. The van der Waals surface area contributed by atoms with Crippen molar-refractivity contribution < 1.29 is 9.90 Å². The van der Waals surface area contributed by atoms with E-state index in [0.29, 0.717) is 12.1 Å². The summed E-state index contributed by atoms with van der Waals surface area (Å²) in [6.45, 7) is 3.15. The Labute approximate surface area is 98.0 Å². The highest BCUT2D eigenvalue weighted by Crippen LogP contribution is 2.24. The summed E-state index contributed by atoms with van der Waals surface area (Å²) in [6, 6.07) is 0.803. The van der Waals surface area contributed by atoms with Gasteiger partial charge in [-0.15, -0.1) is 0 Å². The lowest BCUT2D eigenvalue weighted by Gasteiger charge is -2.30. The first-order chi connectivity index (χ1) is 7.49.